The molecule has 4 fully saturated rings. The molecule has 2 unspecified atom stereocenters. The van der Waals surface area contributed by atoms with Crippen LogP contribution in [-0.2, 0) is 32.4 Å². The lowest BCUT2D eigenvalue weighted by Crippen LogP contribution is -2.63. The van der Waals surface area contributed by atoms with E-state index in [0.717, 1.165) is 41.3 Å². The highest BCUT2D eigenvalue weighted by Gasteiger charge is 2.67. The summed E-state index contributed by atoms with van der Waals surface area (Å²) >= 11 is 0. The molecule has 0 spiro atoms. The fraction of sp³-hybridized carbons (Fsp3) is 0.488. The Bertz CT molecular complexity index is 2320. The molecule has 3 heterocycles. The van der Waals surface area contributed by atoms with Gasteiger partial charge in [-0.2, -0.15) is 13.2 Å². The molecule has 0 radical (unpaired) electrons. The van der Waals surface area contributed by atoms with E-state index >= 15 is 0 Å². The van der Waals surface area contributed by atoms with Gasteiger partial charge in [-0.3, -0.25) is 14.2 Å². The molecule has 3 aromatic carbocycles. The van der Waals surface area contributed by atoms with Crippen LogP contribution in [0.2, 0.25) is 0 Å². The first-order valence-corrected chi connectivity index (χ1v) is 20.1. The molecule has 3 saturated carbocycles. The van der Waals surface area contributed by atoms with Gasteiger partial charge in [0.05, 0.1) is 41.0 Å². The molecule has 58 heavy (non-hydrogen) atoms. The van der Waals surface area contributed by atoms with Crippen LogP contribution in [0.1, 0.15) is 102 Å². The molecule has 4 N–H and O–H groups in total. The van der Waals surface area contributed by atoms with Crippen molar-refractivity contribution in [3.63, 3.8) is 0 Å². The van der Waals surface area contributed by atoms with Gasteiger partial charge in [-0.25, -0.2) is 9.78 Å². The second-order valence-corrected chi connectivity index (χ2v) is 17.6. The zero-order chi connectivity index (χ0) is 41.4. The number of aromatic nitrogens is 2. The summed E-state index contributed by atoms with van der Waals surface area (Å²) in [5.41, 5.74) is -1.79. The molecule has 3 amide bonds. The minimum atomic E-state index is -4.53. The molecular weight excluding hydrogens is 748 g/mol. The summed E-state index contributed by atoms with van der Waals surface area (Å²) in [6.07, 6.45) is -0.884. The molecule has 5 aliphatic rings. The number of carbonyl (C=O) groups excluding carboxylic acids is 2. The summed E-state index contributed by atoms with van der Waals surface area (Å²) in [5, 5.41) is 14.1. The van der Waals surface area contributed by atoms with E-state index in [1.807, 2.05) is 56.3 Å². The number of fused-ring (bicyclic) bond motifs is 2. The van der Waals surface area contributed by atoms with Crippen molar-refractivity contribution in [2.75, 3.05) is 5.32 Å². The van der Waals surface area contributed by atoms with Gasteiger partial charge in [-0.1, -0.05) is 75.4 Å². The van der Waals surface area contributed by atoms with Crippen molar-refractivity contribution in [3.05, 3.63) is 106 Å². The lowest BCUT2D eigenvalue weighted by molar-refractivity contribution is -0.185. The molecule has 2 aliphatic heterocycles. The van der Waals surface area contributed by atoms with E-state index in [1.54, 1.807) is 6.92 Å². The largest absolute Gasteiger partial charge is 0.481 e. The maximum atomic E-state index is 14.5. The van der Waals surface area contributed by atoms with Gasteiger partial charge in [0.15, 0.2) is 0 Å². The standard InChI is InChI=1S/C43H50BF3N6O5/c1-7-34(44-57-35-31-19-28(40(31,3)4)20-42(35,6)58-44)51-36(54)33-21-41(5,52-39(56)50-24(2)29-17-11-14-26-13-8-9-16-30(26)29)38-49-23-32(37(55)53(33)38)48-22-25-12-10-15-27(18-25)43(45,46)47/h8-18,23-24,28,31,33-35,48H,7,19-22H2,1-6H3,(H,51,54)(H2,50,52,56)/t24-,28?,31?,33+,34+,35-,41-,42+/m1/s1. The topological polar surface area (TPSA) is 136 Å². The minimum absolute atomic E-state index is 0.00464. The van der Waals surface area contributed by atoms with Gasteiger partial charge in [-0.05, 0) is 91.3 Å². The SMILES string of the molecule is CC[C@H](NC(=O)[C@@H]1C[C@@](C)(NC(=O)N[C@H](C)c2cccc3ccccc23)c2ncc(NCc3cccc(C(F)(F)F)c3)c(=O)n21)B1O[C@@H]2C3CC(C[C@]2(C)O1)C3(C)C. The predicted octanol–water partition coefficient (Wildman–Crippen LogP) is 7.41. The van der Waals surface area contributed by atoms with Gasteiger partial charge in [0, 0.05) is 13.0 Å². The minimum Gasteiger partial charge on any atom is -0.404 e. The highest BCUT2D eigenvalue weighted by Crippen LogP contribution is 2.64. The Balaban J connectivity index is 1.05. The summed E-state index contributed by atoms with van der Waals surface area (Å²) in [4.78, 5) is 47.2. The van der Waals surface area contributed by atoms with Crippen LogP contribution >= 0.6 is 0 Å². The number of nitrogens with zero attached hydrogens (tertiary/aromatic N) is 2. The number of benzene rings is 3. The summed E-state index contributed by atoms with van der Waals surface area (Å²) in [6.45, 7) is 12.1. The normalized spacial score (nSPS) is 27.8. The van der Waals surface area contributed by atoms with E-state index in [2.05, 4.69) is 47.0 Å². The molecule has 1 aromatic heterocycles. The van der Waals surface area contributed by atoms with Crippen LogP contribution in [0.15, 0.2) is 77.7 Å². The number of carbonyl (C=O) groups is 2. The number of anilines is 1. The Morgan fingerprint density at radius 3 is 2.50 bits per heavy atom. The second kappa shape index (κ2) is 14.4. The molecule has 3 aliphatic carbocycles. The maximum absolute atomic E-state index is 14.5. The number of hydrogen-bond acceptors (Lipinski definition) is 7. The van der Waals surface area contributed by atoms with Crippen molar-refractivity contribution in [1.82, 2.24) is 25.5 Å². The van der Waals surface area contributed by atoms with Crippen LogP contribution < -0.4 is 26.8 Å². The first kappa shape index (κ1) is 39.9. The number of rotatable bonds is 10. The van der Waals surface area contributed by atoms with Gasteiger partial charge in [0.2, 0.25) is 5.91 Å². The fourth-order valence-electron chi connectivity index (χ4n) is 9.98. The Morgan fingerprint density at radius 2 is 1.76 bits per heavy atom. The third-order valence-electron chi connectivity index (χ3n) is 13.4. The average molecular weight is 799 g/mol. The first-order valence-electron chi connectivity index (χ1n) is 20.1. The van der Waals surface area contributed by atoms with E-state index in [-0.39, 0.29) is 36.0 Å². The Hall–Kier alpha value is -4.89. The lowest BCUT2D eigenvalue weighted by atomic mass is 9.45. The molecule has 306 valence electrons. The first-order chi connectivity index (χ1) is 27.4. The van der Waals surface area contributed by atoms with Crippen LogP contribution in [0.3, 0.4) is 0 Å². The molecular formula is C43H50BF3N6O5. The third kappa shape index (κ3) is 6.93. The lowest BCUT2D eigenvalue weighted by Gasteiger charge is -2.63. The molecule has 9 rings (SSSR count). The zero-order valence-corrected chi connectivity index (χ0v) is 33.6. The van der Waals surface area contributed by atoms with E-state index in [1.165, 1.54) is 22.9 Å². The highest BCUT2D eigenvalue weighted by atomic mass is 19.4. The van der Waals surface area contributed by atoms with E-state index < -0.39 is 65.5 Å². The number of urea groups is 1. The van der Waals surface area contributed by atoms with Crippen molar-refractivity contribution in [2.24, 2.45) is 17.3 Å². The van der Waals surface area contributed by atoms with Crippen molar-refractivity contribution < 1.29 is 32.1 Å². The summed E-state index contributed by atoms with van der Waals surface area (Å²) in [6, 6.07) is 16.6. The highest BCUT2D eigenvalue weighted by molar-refractivity contribution is 6.47. The molecule has 2 bridgehead atoms. The van der Waals surface area contributed by atoms with Crippen LogP contribution in [0.25, 0.3) is 10.8 Å². The smallest absolute Gasteiger partial charge is 0.404 e. The van der Waals surface area contributed by atoms with Crippen molar-refractivity contribution in [3.8, 4) is 0 Å². The average Bonchev–Trinajstić information content (AvgIpc) is 3.70. The van der Waals surface area contributed by atoms with Crippen molar-refractivity contribution in [1.29, 1.82) is 0 Å². The molecule has 15 heteroatoms. The number of alkyl halides is 3. The predicted molar refractivity (Wildman–Crippen MR) is 215 cm³/mol. The summed E-state index contributed by atoms with van der Waals surface area (Å²) in [7, 11) is -0.693. The van der Waals surface area contributed by atoms with Gasteiger partial charge in [0.25, 0.3) is 5.56 Å². The molecule has 1 saturated heterocycles. The van der Waals surface area contributed by atoms with Crippen LogP contribution in [0.4, 0.5) is 23.7 Å². The van der Waals surface area contributed by atoms with Crippen molar-refractivity contribution in [2.45, 2.75) is 115 Å². The van der Waals surface area contributed by atoms with E-state index in [0.29, 0.717) is 23.8 Å². The van der Waals surface area contributed by atoms with Gasteiger partial charge in [0.1, 0.15) is 17.6 Å². The summed E-state index contributed by atoms with van der Waals surface area (Å²) in [5.74, 6) is 0.0493. The Morgan fingerprint density at radius 1 is 1.02 bits per heavy atom. The Labute approximate surface area is 336 Å². The second-order valence-electron chi connectivity index (χ2n) is 17.6. The summed E-state index contributed by atoms with van der Waals surface area (Å²) < 4.78 is 54.8. The Kier molecular flexibility index (Phi) is 9.94. The van der Waals surface area contributed by atoms with Gasteiger partial charge < -0.3 is 30.6 Å². The quantitative estimate of drug-likeness (QED) is 0.123. The molecule has 8 atom stereocenters. The van der Waals surface area contributed by atoms with Crippen LogP contribution in [0.5, 0.6) is 0 Å². The number of nitrogens with one attached hydrogen (secondary N) is 4. The third-order valence-corrected chi connectivity index (χ3v) is 13.4. The molecule has 4 aromatic rings. The van der Waals surface area contributed by atoms with E-state index in [9.17, 15) is 27.6 Å². The monoisotopic (exact) mass is 798 g/mol. The molecule has 11 nitrogen and oxygen atoms in total. The van der Waals surface area contributed by atoms with Crippen LogP contribution in [-0.4, -0.2) is 46.3 Å². The maximum Gasteiger partial charge on any atom is 0.481 e. The number of hydrogen-bond donors (Lipinski definition) is 4. The number of halogens is 3. The fourth-order valence-corrected chi connectivity index (χ4v) is 9.98. The zero-order valence-electron chi connectivity index (χ0n) is 33.6. The van der Waals surface area contributed by atoms with Crippen molar-refractivity contribution >= 4 is 35.5 Å². The van der Waals surface area contributed by atoms with Gasteiger partial charge >= 0.3 is 19.3 Å². The van der Waals surface area contributed by atoms with E-state index in [4.69, 9.17) is 9.31 Å². The number of amides is 3. The van der Waals surface area contributed by atoms with Crippen LogP contribution in [0, 0.1) is 17.3 Å². The van der Waals surface area contributed by atoms with Gasteiger partial charge in [-0.15, -0.1) is 0 Å².